The maximum Gasteiger partial charge on any atom is 0.159 e. The van der Waals surface area contributed by atoms with Crippen LogP contribution in [-0.4, -0.2) is 10.4 Å². The van der Waals surface area contributed by atoms with Gasteiger partial charge in [-0.2, -0.15) is 0 Å². The number of carbonyl (C=O) groups excluding carboxylic acids is 1. The van der Waals surface area contributed by atoms with E-state index in [1.165, 1.54) is 0 Å². The van der Waals surface area contributed by atoms with Gasteiger partial charge in [0.1, 0.15) is 10.4 Å². The molecular formula is C9H9IO2. The molecule has 0 saturated heterocycles. The van der Waals surface area contributed by atoms with Gasteiger partial charge in [0.15, 0.2) is 5.78 Å². The van der Waals surface area contributed by atoms with Gasteiger partial charge in [0.2, 0.25) is 0 Å². The second-order valence-electron chi connectivity index (χ2n) is 2.33. The standard InChI is InChI=1S/C9H9IO2/c1-7(11)8-2-4-9(5-3-8)12-6-10/h2-5H,6H2,1H3. The average molecular weight is 276 g/mol. The summed E-state index contributed by atoms with van der Waals surface area (Å²) in [5.74, 6) is 0.880. The van der Waals surface area contributed by atoms with E-state index in [9.17, 15) is 4.79 Å². The van der Waals surface area contributed by atoms with Crippen LogP contribution in [0.5, 0.6) is 5.75 Å². The largest absolute Gasteiger partial charge is 0.483 e. The van der Waals surface area contributed by atoms with Crippen LogP contribution in [0.15, 0.2) is 24.3 Å². The summed E-state index contributed by atoms with van der Waals surface area (Å²) < 4.78 is 5.84. The first-order chi connectivity index (χ1) is 5.74. The van der Waals surface area contributed by atoms with Crippen molar-refractivity contribution in [3.05, 3.63) is 29.8 Å². The fourth-order valence-electron chi connectivity index (χ4n) is 0.849. The molecule has 0 aliphatic carbocycles. The maximum atomic E-state index is 10.9. The average Bonchev–Trinajstić information content (AvgIpc) is 2.06. The van der Waals surface area contributed by atoms with Crippen molar-refractivity contribution >= 4 is 28.4 Å². The van der Waals surface area contributed by atoms with Gasteiger partial charge in [0.05, 0.1) is 0 Å². The molecule has 0 spiro atoms. The summed E-state index contributed by atoms with van der Waals surface area (Å²) in [5, 5.41) is 0. The maximum absolute atomic E-state index is 10.9. The first-order valence-electron chi connectivity index (χ1n) is 3.54. The van der Waals surface area contributed by atoms with Crippen LogP contribution in [0.3, 0.4) is 0 Å². The predicted octanol–water partition coefficient (Wildman–Crippen LogP) is 2.66. The van der Waals surface area contributed by atoms with Crippen molar-refractivity contribution in [1.82, 2.24) is 0 Å². The van der Waals surface area contributed by atoms with Gasteiger partial charge >= 0.3 is 0 Å². The monoisotopic (exact) mass is 276 g/mol. The van der Waals surface area contributed by atoms with Gasteiger partial charge in [-0.3, -0.25) is 4.79 Å². The highest BCUT2D eigenvalue weighted by molar-refractivity contribution is 14.1. The van der Waals surface area contributed by atoms with Gasteiger partial charge in [-0.15, -0.1) is 0 Å². The summed E-state index contributed by atoms with van der Waals surface area (Å²) in [4.78, 5) is 10.9. The number of benzene rings is 1. The zero-order valence-corrected chi connectivity index (χ0v) is 8.87. The Hall–Kier alpha value is -0.580. The summed E-state index contributed by atoms with van der Waals surface area (Å²) in [6.07, 6.45) is 0. The second kappa shape index (κ2) is 4.45. The minimum atomic E-state index is 0.0797. The number of halogens is 1. The van der Waals surface area contributed by atoms with Gasteiger partial charge < -0.3 is 4.74 Å². The number of ketones is 1. The van der Waals surface area contributed by atoms with Crippen LogP contribution in [0.25, 0.3) is 0 Å². The molecule has 0 atom stereocenters. The number of ether oxygens (including phenoxy) is 1. The van der Waals surface area contributed by atoms with Gasteiger partial charge in [-0.25, -0.2) is 0 Å². The van der Waals surface area contributed by atoms with Crippen LogP contribution in [0.1, 0.15) is 17.3 Å². The third-order valence-corrected chi connectivity index (χ3v) is 1.79. The zero-order valence-electron chi connectivity index (χ0n) is 6.71. The number of hydrogen-bond donors (Lipinski definition) is 0. The van der Waals surface area contributed by atoms with E-state index in [0.717, 1.165) is 11.3 Å². The third-order valence-electron chi connectivity index (χ3n) is 1.48. The van der Waals surface area contributed by atoms with Gasteiger partial charge in [0.25, 0.3) is 0 Å². The smallest absolute Gasteiger partial charge is 0.159 e. The van der Waals surface area contributed by atoms with Crippen molar-refractivity contribution in [2.24, 2.45) is 0 Å². The molecule has 1 aromatic carbocycles. The van der Waals surface area contributed by atoms with E-state index in [1.54, 1.807) is 31.2 Å². The highest BCUT2D eigenvalue weighted by atomic mass is 127. The number of carbonyl (C=O) groups is 1. The molecule has 12 heavy (non-hydrogen) atoms. The molecule has 0 unspecified atom stereocenters. The SMILES string of the molecule is CC(=O)c1ccc(OCI)cc1. The lowest BCUT2D eigenvalue weighted by Crippen LogP contribution is -1.92. The van der Waals surface area contributed by atoms with E-state index < -0.39 is 0 Å². The summed E-state index contributed by atoms with van der Waals surface area (Å²) in [6.45, 7) is 1.55. The molecule has 1 aromatic rings. The molecule has 0 bridgehead atoms. The highest BCUT2D eigenvalue weighted by Gasteiger charge is 1.98. The molecule has 64 valence electrons. The molecule has 1 rings (SSSR count). The Kier molecular flexibility index (Phi) is 3.52. The number of hydrogen-bond acceptors (Lipinski definition) is 2. The van der Waals surface area contributed by atoms with Crippen LogP contribution in [0, 0.1) is 0 Å². The molecule has 0 amide bonds. The van der Waals surface area contributed by atoms with Crippen molar-refractivity contribution in [3.8, 4) is 5.75 Å². The van der Waals surface area contributed by atoms with Crippen LogP contribution in [-0.2, 0) is 0 Å². The molecule has 2 nitrogen and oxygen atoms in total. The Morgan fingerprint density at radius 1 is 1.42 bits per heavy atom. The third kappa shape index (κ3) is 2.48. The Labute approximate surface area is 85.1 Å². The Balaban J connectivity index is 2.78. The quantitative estimate of drug-likeness (QED) is 0.482. The van der Waals surface area contributed by atoms with E-state index >= 15 is 0 Å². The molecule has 0 N–H and O–H groups in total. The van der Waals surface area contributed by atoms with Crippen molar-refractivity contribution in [1.29, 1.82) is 0 Å². The van der Waals surface area contributed by atoms with E-state index in [0.29, 0.717) is 4.61 Å². The van der Waals surface area contributed by atoms with Crippen molar-refractivity contribution < 1.29 is 9.53 Å². The van der Waals surface area contributed by atoms with E-state index in [-0.39, 0.29) is 5.78 Å². The lowest BCUT2D eigenvalue weighted by Gasteiger charge is -2.01. The summed E-state index contributed by atoms with van der Waals surface area (Å²) in [5.41, 5.74) is 0.718. The van der Waals surface area contributed by atoms with Gasteiger partial charge in [-0.1, -0.05) is 0 Å². The fourth-order valence-corrected chi connectivity index (χ4v) is 1.21. The van der Waals surface area contributed by atoms with Gasteiger partial charge in [0, 0.05) is 5.56 Å². The molecule has 0 saturated carbocycles. The topological polar surface area (TPSA) is 26.3 Å². The Morgan fingerprint density at radius 3 is 2.42 bits per heavy atom. The lowest BCUT2D eigenvalue weighted by molar-refractivity contribution is 0.101. The molecule has 0 radical (unpaired) electrons. The predicted molar refractivity (Wildman–Crippen MR) is 56.0 cm³/mol. The second-order valence-corrected chi connectivity index (χ2v) is 2.96. The van der Waals surface area contributed by atoms with Crippen LogP contribution >= 0.6 is 22.6 Å². The fraction of sp³-hybridized carbons (Fsp3) is 0.222. The van der Waals surface area contributed by atoms with E-state index in [2.05, 4.69) is 22.6 Å². The molecule has 0 heterocycles. The molecular weight excluding hydrogens is 267 g/mol. The number of rotatable bonds is 3. The minimum Gasteiger partial charge on any atom is -0.483 e. The lowest BCUT2D eigenvalue weighted by atomic mass is 10.1. The minimum absolute atomic E-state index is 0.0797. The molecule has 3 heteroatoms. The van der Waals surface area contributed by atoms with Crippen molar-refractivity contribution in [3.63, 3.8) is 0 Å². The van der Waals surface area contributed by atoms with Gasteiger partial charge in [-0.05, 0) is 53.8 Å². The Bertz CT molecular complexity index is 266. The number of alkyl halides is 1. The normalized spacial score (nSPS) is 9.50. The Morgan fingerprint density at radius 2 is 2.00 bits per heavy atom. The van der Waals surface area contributed by atoms with Crippen molar-refractivity contribution in [2.45, 2.75) is 6.92 Å². The van der Waals surface area contributed by atoms with Crippen LogP contribution in [0.2, 0.25) is 0 Å². The van der Waals surface area contributed by atoms with Crippen LogP contribution < -0.4 is 4.74 Å². The molecule has 0 fully saturated rings. The van der Waals surface area contributed by atoms with E-state index in [4.69, 9.17) is 4.74 Å². The first kappa shape index (κ1) is 9.51. The molecule has 0 aromatic heterocycles. The van der Waals surface area contributed by atoms with Crippen molar-refractivity contribution in [2.75, 3.05) is 4.61 Å². The summed E-state index contributed by atoms with van der Waals surface area (Å²) in [7, 11) is 0. The van der Waals surface area contributed by atoms with E-state index in [1.807, 2.05) is 0 Å². The number of Topliss-reactive ketones (excluding diaryl/α,β-unsaturated/α-hetero) is 1. The molecule has 0 aliphatic rings. The van der Waals surface area contributed by atoms with Crippen LogP contribution in [0.4, 0.5) is 0 Å². The highest BCUT2D eigenvalue weighted by Crippen LogP contribution is 2.12. The molecule has 0 aliphatic heterocycles. The summed E-state index contributed by atoms with van der Waals surface area (Å²) >= 11 is 2.12. The zero-order chi connectivity index (χ0) is 8.97. The summed E-state index contributed by atoms with van der Waals surface area (Å²) in [6, 6.07) is 7.14. The first-order valence-corrected chi connectivity index (χ1v) is 5.06.